The molecule has 2 aromatic carbocycles. The average molecular weight is 267 g/mol. The first-order valence-corrected chi connectivity index (χ1v) is 6.44. The van der Waals surface area contributed by atoms with Crippen molar-refractivity contribution in [1.29, 1.82) is 0 Å². The highest BCUT2D eigenvalue weighted by Gasteiger charge is 2.13. The minimum Gasteiger partial charge on any atom is -0.408 e. The van der Waals surface area contributed by atoms with E-state index in [1.807, 2.05) is 25.1 Å². The topological polar surface area (TPSA) is 52.2 Å². The molecule has 0 N–H and O–H groups in total. The third-order valence-corrected chi connectivity index (χ3v) is 3.28. The molecule has 0 saturated heterocycles. The van der Waals surface area contributed by atoms with Crippen molar-refractivity contribution in [3.63, 3.8) is 0 Å². The van der Waals surface area contributed by atoms with Crippen LogP contribution in [0.1, 0.15) is 22.8 Å². The number of oxazole rings is 1. The number of carbonyl (C=O) groups is 1. The van der Waals surface area contributed by atoms with Gasteiger partial charge in [0.1, 0.15) is 0 Å². The molecule has 0 spiro atoms. The maximum absolute atomic E-state index is 12.3. The summed E-state index contributed by atoms with van der Waals surface area (Å²) in [6.45, 7) is 2.41. The quantitative estimate of drug-likeness (QED) is 0.686. The molecule has 0 saturated carbocycles. The second-order valence-corrected chi connectivity index (χ2v) is 4.49. The van der Waals surface area contributed by atoms with Gasteiger partial charge in [0.25, 0.3) is 0 Å². The van der Waals surface area contributed by atoms with Gasteiger partial charge in [0.15, 0.2) is 11.4 Å². The van der Waals surface area contributed by atoms with E-state index in [2.05, 4.69) is 0 Å². The van der Waals surface area contributed by atoms with Crippen molar-refractivity contribution < 1.29 is 9.21 Å². The number of fused-ring (bicyclic) bond motifs is 1. The molecule has 0 amide bonds. The lowest BCUT2D eigenvalue weighted by molar-refractivity contribution is 0.103. The van der Waals surface area contributed by atoms with Crippen LogP contribution in [0.5, 0.6) is 0 Å². The van der Waals surface area contributed by atoms with Crippen LogP contribution in [0, 0.1) is 0 Å². The minimum atomic E-state index is -0.396. The number of benzene rings is 2. The van der Waals surface area contributed by atoms with E-state index in [1.54, 1.807) is 30.3 Å². The monoisotopic (exact) mass is 267 g/mol. The number of ketones is 1. The highest BCUT2D eigenvalue weighted by Crippen LogP contribution is 2.17. The SMILES string of the molecule is CCn1c(=O)oc2cc(C(=O)c3ccccc3)ccc21. The van der Waals surface area contributed by atoms with Gasteiger partial charge >= 0.3 is 5.76 Å². The molecule has 0 aliphatic carbocycles. The summed E-state index contributed by atoms with van der Waals surface area (Å²) in [6.07, 6.45) is 0. The average Bonchev–Trinajstić information content (AvgIpc) is 2.81. The molecule has 0 bridgehead atoms. The predicted molar refractivity (Wildman–Crippen MR) is 76.0 cm³/mol. The third-order valence-electron chi connectivity index (χ3n) is 3.28. The fourth-order valence-electron chi connectivity index (χ4n) is 2.26. The highest BCUT2D eigenvalue weighted by atomic mass is 16.4. The van der Waals surface area contributed by atoms with Gasteiger partial charge in [-0.3, -0.25) is 9.36 Å². The lowest BCUT2D eigenvalue weighted by atomic mass is 10.0. The fraction of sp³-hybridized carbons (Fsp3) is 0.125. The van der Waals surface area contributed by atoms with Crippen LogP contribution in [0.3, 0.4) is 0 Å². The Labute approximate surface area is 115 Å². The molecule has 4 nitrogen and oxygen atoms in total. The number of hydrogen-bond acceptors (Lipinski definition) is 3. The zero-order valence-corrected chi connectivity index (χ0v) is 11.0. The minimum absolute atomic E-state index is 0.0839. The van der Waals surface area contributed by atoms with E-state index in [9.17, 15) is 9.59 Å². The number of nitrogens with zero attached hydrogens (tertiary/aromatic N) is 1. The molecular weight excluding hydrogens is 254 g/mol. The van der Waals surface area contributed by atoms with E-state index in [1.165, 1.54) is 4.57 Å². The first-order chi connectivity index (χ1) is 9.70. The van der Waals surface area contributed by atoms with Crippen LogP contribution in [0.15, 0.2) is 57.7 Å². The van der Waals surface area contributed by atoms with Gasteiger partial charge in [0.05, 0.1) is 5.52 Å². The molecule has 3 aromatic rings. The molecule has 0 atom stereocenters. The van der Waals surface area contributed by atoms with Crippen LogP contribution in [-0.4, -0.2) is 10.4 Å². The van der Waals surface area contributed by atoms with Gasteiger partial charge in [0.2, 0.25) is 0 Å². The maximum Gasteiger partial charge on any atom is 0.419 e. The van der Waals surface area contributed by atoms with Gasteiger partial charge in [-0.25, -0.2) is 4.79 Å². The zero-order chi connectivity index (χ0) is 14.1. The zero-order valence-electron chi connectivity index (χ0n) is 11.0. The van der Waals surface area contributed by atoms with Crippen molar-refractivity contribution in [2.45, 2.75) is 13.5 Å². The molecule has 0 fully saturated rings. The van der Waals surface area contributed by atoms with E-state index in [0.29, 0.717) is 28.8 Å². The predicted octanol–water partition coefficient (Wildman–Crippen LogP) is 2.85. The molecule has 0 aliphatic rings. The summed E-state index contributed by atoms with van der Waals surface area (Å²) in [5.41, 5.74) is 2.28. The summed E-state index contributed by atoms with van der Waals surface area (Å²) in [4.78, 5) is 24.0. The van der Waals surface area contributed by atoms with Gasteiger partial charge in [0, 0.05) is 17.7 Å². The smallest absolute Gasteiger partial charge is 0.408 e. The summed E-state index contributed by atoms with van der Waals surface area (Å²) >= 11 is 0. The van der Waals surface area contributed by atoms with Crippen molar-refractivity contribution in [3.05, 3.63) is 70.2 Å². The highest BCUT2D eigenvalue weighted by molar-refractivity contribution is 6.10. The van der Waals surface area contributed by atoms with Crippen molar-refractivity contribution in [2.75, 3.05) is 0 Å². The normalized spacial score (nSPS) is 10.8. The first-order valence-electron chi connectivity index (χ1n) is 6.44. The van der Waals surface area contributed by atoms with E-state index >= 15 is 0 Å². The van der Waals surface area contributed by atoms with Gasteiger partial charge in [-0.2, -0.15) is 0 Å². The molecule has 1 aromatic heterocycles. The second kappa shape index (κ2) is 4.81. The third kappa shape index (κ3) is 1.95. The van der Waals surface area contributed by atoms with Crippen LogP contribution < -0.4 is 5.76 Å². The van der Waals surface area contributed by atoms with Gasteiger partial charge in [-0.15, -0.1) is 0 Å². The van der Waals surface area contributed by atoms with Crippen molar-refractivity contribution in [3.8, 4) is 0 Å². The standard InChI is InChI=1S/C16H13NO3/c1-2-17-13-9-8-12(10-14(13)20-16(17)19)15(18)11-6-4-3-5-7-11/h3-10H,2H2,1H3. The Kier molecular flexibility index (Phi) is 2.99. The number of rotatable bonds is 3. The molecular formula is C16H13NO3. The number of carbonyl (C=O) groups excluding carboxylic acids is 1. The molecule has 3 rings (SSSR count). The van der Waals surface area contributed by atoms with Crippen molar-refractivity contribution in [2.24, 2.45) is 0 Å². The maximum atomic E-state index is 12.3. The Morgan fingerprint density at radius 3 is 2.55 bits per heavy atom. The summed E-state index contributed by atoms with van der Waals surface area (Å²) < 4.78 is 6.71. The summed E-state index contributed by atoms with van der Waals surface area (Å²) in [5, 5.41) is 0. The number of aryl methyl sites for hydroxylation is 1. The number of aromatic nitrogens is 1. The van der Waals surface area contributed by atoms with Gasteiger partial charge in [-0.05, 0) is 25.1 Å². The van der Waals surface area contributed by atoms with E-state index in [0.717, 1.165) is 0 Å². The second-order valence-electron chi connectivity index (χ2n) is 4.49. The summed E-state index contributed by atoms with van der Waals surface area (Å²) in [6, 6.07) is 14.1. The Hall–Kier alpha value is -2.62. The Morgan fingerprint density at radius 2 is 1.85 bits per heavy atom. The number of hydrogen-bond donors (Lipinski definition) is 0. The van der Waals surface area contributed by atoms with Crippen molar-refractivity contribution >= 4 is 16.9 Å². The molecule has 1 heterocycles. The van der Waals surface area contributed by atoms with E-state index in [4.69, 9.17) is 4.42 Å². The molecule has 0 aliphatic heterocycles. The Balaban J connectivity index is 2.10. The van der Waals surface area contributed by atoms with Gasteiger partial charge < -0.3 is 4.42 Å². The summed E-state index contributed by atoms with van der Waals surface area (Å²) in [7, 11) is 0. The lowest BCUT2D eigenvalue weighted by Gasteiger charge is -2.01. The first kappa shape index (κ1) is 12.4. The molecule has 0 unspecified atom stereocenters. The molecule has 4 heteroatoms. The van der Waals surface area contributed by atoms with Gasteiger partial charge in [-0.1, -0.05) is 30.3 Å². The molecule has 20 heavy (non-hydrogen) atoms. The molecule has 100 valence electrons. The van der Waals surface area contributed by atoms with E-state index in [-0.39, 0.29) is 5.78 Å². The Bertz CT molecular complexity index is 828. The Morgan fingerprint density at radius 1 is 1.10 bits per heavy atom. The fourth-order valence-corrected chi connectivity index (χ4v) is 2.26. The van der Waals surface area contributed by atoms with Crippen LogP contribution in [0.2, 0.25) is 0 Å². The van der Waals surface area contributed by atoms with E-state index < -0.39 is 5.76 Å². The summed E-state index contributed by atoms with van der Waals surface area (Å²) in [5.74, 6) is -0.480. The lowest BCUT2D eigenvalue weighted by Crippen LogP contribution is -2.11. The van der Waals surface area contributed by atoms with Crippen LogP contribution in [0.25, 0.3) is 11.1 Å². The largest absolute Gasteiger partial charge is 0.419 e. The van der Waals surface area contributed by atoms with Crippen LogP contribution in [-0.2, 0) is 6.54 Å². The molecule has 0 radical (unpaired) electrons. The van der Waals surface area contributed by atoms with Crippen molar-refractivity contribution in [1.82, 2.24) is 4.57 Å². The van der Waals surface area contributed by atoms with Crippen LogP contribution in [0.4, 0.5) is 0 Å². The van der Waals surface area contributed by atoms with Crippen LogP contribution >= 0.6 is 0 Å².